The molecule has 12 heavy (non-hydrogen) atoms. The maximum Gasteiger partial charge on any atom is 0.255 e. The monoisotopic (exact) mass is 167 g/mol. The van der Waals surface area contributed by atoms with E-state index in [-0.39, 0.29) is 16.9 Å². The van der Waals surface area contributed by atoms with Crippen LogP contribution in [-0.2, 0) is 5.41 Å². The molecule has 4 nitrogen and oxygen atoms in total. The van der Waals surface area contributed by atoms with Crippen molar-refractivity contribution in [1.82, 2.24) is 9.97 Å². The summed E-state index contributed by atoms with van der Waals surface area (Å²) in [7, 11) is 0. The van der Waals surface area contributed by atoms with Crippen LogP contribution in [0.5, 0.6) is 0 Å². The van der Waals surface area contributed by atoms with Gasteiger partial charge in [-0.25, -0.2) is 4.98 Å². The van der Waals surface area contributed by atoms with Gasteiger partial charge in [0.1, 0.15) is 0 Å². The van der Waals surface area contributed by atoms with Crippen LogP contribution in [0.1, 0.15) is 26.3 Å². The number of hydrogen-bond acceptors (Lipinski definition) is 3. The number of rotatable bonds is 0. The molecular weight excluding hydrogens is 154 g/mol. The van der Waals surface area contributed by atoms with E-state index in [4.69, 9.17) is 5.73 Å². The summed E-state index contributed by atoms with van der Waals surface area (Å²) in [4.78, 5) is 17.6. The third-order valence-electron chi connectivity index (χ3n) is 1.63. The van der Waals surface area contributed by atoms with Crippen molar-refractivity contribution in [1.29, 1.82) is 0 Å². The SMILES string of the molecule is CC(C)(C)c1cnc(N)[nH]c1=O. The molecule has 66 valence electrons. The van der Waals surface area contributed by atoms with Crippen LogP contribution in [0.2, 0.25) is 0 Å². The number of H-pyrrole nitrogens is 1. The summed E-state index contributed by atoms with van der Waals surface area (Å²) in [5, 5.41) is 0. The van der Waals surface area contributed by atoms with Crippen molar-refractivity contribution in [3.8, 4) is 0 Å². The smallest absolute Gasteiger partial charge is 0.255 e. The highest BCUT2D eigenvalue weighted by molar-refractivity contribution is 5.22. The summed E-state index contributed by atoms with van der Waals surface area (Å²) in [5.41, 5.74) is 5.61. The highest BCUT2D eigenvalue weighted by atomic mass is 16.1. The minimum Gasteiger partial charge on any atom is -0.369 e. The Hall–Kier alpha value is -1.32. The Balaban J connectivity index is 3.29. The molecule has 0 radical (unpaired) electrons. The van der Waals surface area contributed by atoms with E-state index in [1.165, 1.54) is 6.20 Å². The Kier molecular flexibility index (Phi) is 1.92. The van der Waals surface area contributed by atoms with Crippen molar-refractivity contribution in [2.75, 3.05) is 5.73 Å². The van der Waals surface area contributed by atoms with Crippen molar-refractivity contribution in [2.45, 2.75) is 26.2 Å². The number of hydrogen-bond donors (Lipinski definition) is 2. The standard InChI is InChI=1S/C8H13N3O/c1-8(2,3)5-4-10-7(9)11-6(5)12/h4H,1-3H3,(H3,9,10,11,12). The van der Waals surface area contributed by atoms with Crippen molar-refractivity contribution in [2.24, 2.45) is 0 Å². The second kappa shape index (κ2) is 2.62. The number of nitrogens with zero attached hydrogens (tertiary/aromatic N) is 1. The lowest BCUT2D eigenvalue weighted by molar-refractivity contribution is 0.578. The number of nitrogens with one attached hydrogen (secondary N) is 1. The molecule has 0 aliphatic carbocycles. The highest BCUT2D eigenvalue weighted by Gasteiger charge is 2.17. The molecule has 1 rings (SSSR count). The molecule has 1 aromatic heterocycles. The lowest BCUT2D eigenvalue weighted by atomic mass is 9.89. The zero-order valence-corrected chi connectivity index (χ0v) is 7.51. The molecule has 0 fully saturated rings. The largest absolute Gasteiger partial charge is 0.369 e. The fraction of sp³-hybridized carbons (Fsp3) is 0.500. The summed E-state index contributed by atoms with van der Waals surface area (Å²) >= 11 is 0. The summed E-state index contributed by atoms with van der Waals surface area (Å²) in [6.07, 6.45) is 1.52. The topological polar surface area (TPSA) is 71.8 Å². The van der Waals surface area contributed by atoms with Gasteiger partial charge in [-0.15, -0.1) is 0 Å². The average Bonchev–Trinajstić information content (AvgIpc) is 1.83. The predicted molar refractivity (Wildman–Crippen MR) is 48.0 cm³/mol. The van der Waals surface area contributed by atoms with Crippen molar-refractivity contribution >= 4 is 5.95 Å². The van der Waals surface area contributed by atoms with Gasteiger partial charge in [0.25, 0.3) is 5.56 Å². The molecule has 0 aliphatic heterocycles. The molecule has 0 aliphatic rings. The zero-order chi connectivity index (χ0) is 9.35. The van der Waals surface area contributed by atoms with Gasteiger partial charge in [-0.3, -0.25) is 9.78 Å². The van der Waals surface area contributed by atoms with Gasteiger partial charge < -0.3 is 5.73 Å². The molecule has 0 atom stereocenters. The van der Waals surface area contributed by atoms with Crippen molar-refractivity contribution < 1.29 is 0 Å². The van der Waals surface area contributed by atoms with E-state index < -0.39 is 0 Å². The van der Waals surface area contributed by atoms with E-state index in [1.807, 2.05) is 20.8 Å². The molecular formula is C8H13N3O. The molecule has 1 heterocycles. The van der Waals surface area contributed by atoms with Crippen LogP contribution in [0, 0.1) is 0 Å². The molecule has 3 N–H and O–H groups in total. The van der Waals surface area contributed by atoms with Crippen LogP contribution in [-0.4, -0.2) is 9.97 Å². The van der Waals surface area contributed by atoms with E-state index in [0.29, 0.717) is 5.56 Å². The fourth-order valence-electron chi connectivity index (χ4n) is 0.943. The Morgan fingerprint density at radius 2 is 2.08 bits per heavy atom. The second-order valence-corrected chi connectivity index (χ2v) is 3.76. The maximum atomic E-state index is 11.3. The lowest BCUT2D eigenvalue weighted by Gasteiger charge is -2.16. The van der Waals surface area contributed by atoms with E-state index in [0.717, 1.165) is 0 Å². The van der Waals surface area contributed by atoms with Crippen LogP contribution in [0.15, 0.2) is 11.0 Å². The van der Waals surface area contributed by atoms with Gasteiger partial charge >= 0.3 is 0 Å². The summed E-state index contributed by atoms with van der Waals surface area (Å²) < 4.78 is 0. The molecule has 0 aromatic carbocycles. The normalized spacial score (nSPS) is 11.6. The minimum atomic E-state index is -0.186. The summed E-state index contributed by atoms with van der Waals surface area (Å²) in [6.45, 7) is 5.86. The zero-order valence-electron chi connectivity index (χ0n) is 7.51. The predicted octanol–water partition coefficient (Wildman–Crippen LogP) is 0.650. The molecule has 1 aromatic rings. The van der Waals surface area contributed by atoms with Crippen LogP contribution in [0.3, 0.4) is 0 Å². The van der Waals surface area contributed by atoms with Crippen molar-refractivity contribution in [3.63, 3.8) is 0 Å². The molecule has 0 unspecified atom stereocenters. The third kappa shape index (κ3) is 1.64. The number of aromatic nitrogens is 2. The van der Waals surface area contributed by atoms with Crippen LogP contribution >= 0.6 is 0 Å². The van der Waals surface area contributed by atoms with Gasteiger partial charge in [0.2, 0.25) is 0 Å². The van der Waals surface area contributed by atoms with Crippen molar-refractivity contribution in [3.05, 3.63) is 22.1 Å². The Morgan fingerprint density at radius 3 is 2.50 bits per heavy atom. The van der Waals surface area contributed by atoms with Gasteiger partial charge in [0.15, 0.2) is 5.95 Å². The van der Waals surface area contributed by atoms with Gasteiger partial charge in [0.05, 0.1) is 0 Å². The molecule has 0 bridgehead atoms. The van der Waals surface area contributed by atoms with Gasteiger partial charge in [0, 0.05) is 11.8 Å². The lowest BCUT2D eigenvalue weighted by Crippen LogP contribution is -2.25. The molecule has 0 spiro atoms. The average molecular weight is 167 g/mol. The Labute approximate surface area is 70.8 Å². The second-order valence-electron chi connectivity index (χ2n) is 3.76. The number of anilines is 1. The highest BCUT2D eigenvalue weighted by Crippen LogP contribution is 2.16. The van der Waals surface area contributed by atoms with Gasteiger partial charge in [-0.2, -0.15) is 0 Å². The molecule has 0 saturated carbocycles. The minimum absolute atomic E-state index is 0.157. The third-order valence-corrected chi connectivity index (χ3v) is 1.63. The van der Waals surface area contributed by atoms with Crippen LogP contribution < -0.4 is 11.3 Å². The Bertz CT molecular complexity index is 335. The summed E-state index contributed by atoms with van der Waals surface area (Å²) in [6, 6.07) is 0. The van der Waals surface area contributed by atoms with Gasteiger partial charge in [-0.05, 0) is 5.41 Å². The first kappa shape index (κ1) is 8.77. The molecule has 0 saturated heterocycles. The maximum absolute atomic E-state index is 11.3. The first-order valence-corrected chi connectivity index (χ1v) is 3.76. The number of nitrogen functional groups attached to an aromatic ring is 1. The van der Waals surface area contributed by atoms with Crippen LogP contribution in [0.25, 0.3) is 0 Å². The number of aromatic amines is 1. The Morgan fingerprint density at radius 1 is 1.50 bits per heavy atom. The number of nitrogens with two attached hydrogens (primary N) is 1. The van der Waals surface area contributed by atoms with Crippen LogP contribution in [0.4, 0.5) is 5.95 Å². The van der Waals surface area contributed by atoms with Gasteiger partial charge in [-0.1, -0.05) is 20.8 Å². The summed E-state index contributed by atoms with van der Waals surface area (Å²) in [5.74, 6) is 0.160. The molecule has 4 heteroatoms. The van der Waals surface area contributed by atoms with E-state index in [1.54, 1.807) is 0 Å². The van der Waals surface area contributed by atoms with E-state index >= 15 is 0 Å². The van der Waals surface area contributed by atoms with E-state index in [2.05, 4.69) is 9.97 Å². The first-order valence-electron chi connectivity index (χ1n) is 3.76. The quantitative estimate of drug-likeness (QED) is 0.596. The van der Waals surface area contributed by atoms with E-state index in [9.17, 15) is 4.79 Å². The first-order chi connectivity index (χ1) is 5.41. The molecule has 0 amide bonds. The fourth-order valence-corrected chi connectivity index (χ4v) is 0.943.